The highest BCUT2D eigenvalue weighted by molar-refractivity contribution is 7.99. The maximum absolute atomic E-state index is 11.6. The van der Waals surface area contributed by atoms with Gasteiger partial charge in [-0.2, -0.15) is 0 Å². The molecule has 6 nitrogen and oxygen atoms in total. The van der Waals surface area contributed by atoms with Crippen molar-refractivity contribution in [2.75, 3.05) is 18.8 Å². The van der Waals surface area contributed by atoms with E-state index in [0.29, 0.717) is 11.6 Å². The van der Waals surface area contributed by atoms with Gasteiger partial charge in [0, 0.05) is 36.2 Å². The Hall–Kier alpha value is -2.15. The molecule has 0 spiro atoms. The van der Waals surface area contributed by atoms with E-state index >= 15 is 0 Å². The highest BCUT2D eigenvalue weighted by atomic mass is 32.2. The number of carbonyl (C=O) groups is 1. The lowest BCUT2D eigenvalue weighted by Gasteiger charge is -2.13. The minimum atomic E-state index is 0.255. The van der Waals surface area contributed by atoms with E-state index in [0.717, 1.165) is 47.3 Å². The van der Waals surface area contributed by atoms with Crippen molar-refractivity contribution in [3.05, 3.63) is 24.3 Å². The molecule has 3 aromatic rings. The van der Waals surface area contributed by atoms with Crippen LogP contribution in [0.15, 0.2) is 29.4 Å². The fraction of sp³-hybridized carbons (Fsp3) is 0.333. The summed E-state index contributed by atoms with van der Waals surface area (Å²) in [6.07, 6.45) is 1.66. The van der Waals surface area contributed by atoms with Crippen LogP contribution in [0.4, 0.5) is 0 Å². The number of thioether (sulfide) groups is 1. The van der Waals surface area contributed by atoms with Crippen LogP contribution in [-0.2, 0) is 4.79 Å². The predicted octanol–water partition coefficient (Wildman–Crippen LogP) is 2.22. The SMILES string of the molecule is O=C1CCCN1CCSc1nnc2c(n1)[nH]c1ccccc12. The molecule has 112 valence electrons. The average Bonchev–Trinajstić information content (AvgIpc) is 3.10. The molecule has 1 saturated heterocycles. The Balaban J connectivity index is 1.50. The quantitative estimate of drug-likeness (QED) is 0.748. The van der Waals surface area contributed by atoms with Crippen LogP contribution in [0, 0.1) is 0 Å². The second kappa shape index (κ2) is 5.57. The lowest BCUT2D eigenvalue weighted by Crippen LogP contribution is -2.26. The van der Waals surface area contributed by atoms with Crippen molar-refractivity contribution < 1.29 is 4.79 Å². The lowest BCUT2D eigenvalue weighted by atomic mass is 10.2. The van der Waals surface area contributed by atoms with Crippen molar-refractivity contribution in [2.24, 2.45) is 0 Å². The second-order valence-corrected chi connectivity index (χ2v) is 6.36. The number of para-hydroxylation sites is 1. The summed E-state index contributed by atoms with van der Waals surface area (Å²) >= 11 is 1.54. The van der Waals surface area contributed by atoms with Crippen molar-refractivity contribution in [3.63, 3.8) is 0 Å². The minimum absolute atomic E-state index is 0.255. The van der Waals surface area contributed by atoms with Gasteiger partial charge in [-0.15, -0.1) is 10.2 Å². The first-order chi connectivity index (χ1) is 10.8. The van der Waals surface area contributed by atoms with Crippen LogP contribution >= 0.6 is 11.8 Å². The molecule has 0 aliphatic carbocycles. The fourth-order valence-electron chi connectivity index (χ4n) is 2.75. The number of nitrogens with zero attached hydrogens (tertiary/aromatic N) is 4. The van der Waals surface area contributed by atoms with Crippen LogP contribution in [0.1, 0.15) is 12.8 Å². The molecule has 3 heterocycles. The van der Waals surface area contributed by atoms with Crippen molar-refractivity contribution in [1.82, 2.24) is 25.1 Å². The number of rotatable bonds is 4. The zero-order chi connectivity index (χ0) is 14.9. The van der Waals surface area contributed by atoms with Gasteiger partial charge in [0.2, 0.25) is 11.1 Å². The number of benzene rings is 1. The molecular formula is C15H15N5OS. The second-order valence-electron chi connectivity index (χ2n) is 5.29. The van der Waals surface area contributed by atoms with Gasteiger partial charge in [0.25, 0.3) is 0 Å². The number of fused-ring (bicyclic) bond motifs is 3. The summed E-state index contributed by atoms with van der Waals surface area (Å²) < 4.78 is 0. The van der Waals surface area contributed by atoms with Crippen molar-refractivity contribution in [1.29, 1.82) is 0 Å². The molecule has 0 radical (unpaired) electrons. The van der Waals surface area contributed by atoms with E-state index in [1.165, 1.54) is 11.8 Å². The summed E-state index contributed by atoms with van der Waals surface area (Å²) in [5.41, 5.74) is 2.58. The van der Waals surface area contributed by atoms with Gasteiger partial charge in [-0.3, -0.25) is 4.79 Å². The van der Waals surface area contributed by atoms with E-state index in [9.17, 15) is 4.79 Å². The van der Waals surface area contributed by atoms with Gasteiger partial charge in [-0.25, -0.2) is 4.98 Å². The molecule has 1 aliphatic heterocycles. The monoisotopic (exact) mass is 313 g/mol. The van der Waals surface area contributed by atoms with Crippen LogP contribution in [0.2, 0.25) is 0 Å². The molecular weight excluding hydrogens is 298 g/mol. The first-order valence-corrected chi connectivity index (χ1v) is 8.31. The van der Waals surface area contributed by atoms with Gasteiger partial charge in [0.05, 0.1) is 0 Å². The standard InChI is InChI=1S/C15H15N5OS/c21-12-6-3-7-20(12)8-9-22-15-17-14-13(18-19-15)10-4-1-2-5-11(10)16-14/h1-2,4-5H,3,6-9H2,(H,16,17,19). The van der Waals surface area contributed by atoms with E-state index in [1.54, 1.807) is 0 Å². The summed E-state index contributed by atoms with van der Waals surface area (Å²) in [5.74, 6) is 1.05. The normalized spacial score (nSPS) is 15.3. The first kappa shape index (κ1) is 13.5. The number of hydrogen-bond acceptors (Lipinski definition) is 5. The molecule has 7 heteroatoms. The summed E-state index contributed by atoms with van der Waals surface area (Å²) in [6.45, 7) is 1.62. The molecule has 1 N–H and O–H groups in total. The number of amides is 1. The minimum Gasteiger partial charge on any atom is -0.342 e. The zero-order valence-electron chi connectivity index (χ0n) is 12.0. The van der Waals surface area contributed by atoms with Crippen LogP contribution in [0.5, 0.6) is 0 Å². The molecule has 0 bridgehead atoms. The van der Waals surface area contributed by atoms with Crippen LogP contribution < -0.4 is 0 Å². The van der Waals surface area contributed by atoms with Gasteiger partial charge >= 0.3 is 0 Å². The van der Waals surface area contributed by atoms with E-state index in [2.05, 4.69) is 20.2 Å². The third kappa shape index (κ3) is 2.41. The Bertz CT molecular complexity index is 846. The molecule has 1 fully saturated rings. The zero-order valence-corrected chi connectivity index (χ0v) is 12.8. The highest BCUT2D eigenvalue weighted by Crippen LogP contribution is 2.23. The fourth-order valence-corrected chi connectivity index (χ4v) is 3.50. The van der Waals surface area contributed by atoms with Crippen LogP contribution in [0.3, 0.4) is 0 Å². The molecule has 1 aromatic carbocycles. The van der Waals surface area contributed by atoms with Gasteiger partial charge in [-0.1, -0.05) is 30.0 Å². The molecule has 0 saturated carbocycles. The molecule has 1 amide bonds. The van der Waals surface area contributed by atoms with Gasteiger partial charge in [-0.05, 0) is 12.5 Å². The maximum Gasteiger partial charge on any atom is 0.222 e. The summed E-state index contributed by atoms with van der Waals surface area (Å²) in [4.78, 5) is 21.3. The van der Waals surface area contributed by atoms with Gasteiger partial charge in [0.1, 0.15) is 5.52 Å². The van der Waals surface area contributed by atoms with E-state index in [1.807, 2.05) is 29.2 Å². The molecule has 1 aliphatic rings. The van der Waals surface area contributed by atoms with Crippen molar-refractivity contribution >= 4 is 39.7 Å². The Morgan fingerprint density at radius 1 is 1.27 bits per heavy atom. The topological polar surface area (TPSA) is 74.8 Å². The smallest absolute Gasteiger partial charge is 0.222 e. The number of H-pyrrole nitrogens is 1. The van der Waals surface area contributed by atoms with Crippen LogP contribution in [0.25, 0.3) is 22.1 Å². The van der Waals surface area contributed by atoms with E-state index < -0.39 is 0 Å². The molecule has 2 aromatic heterocycles. The van der Waals surface area contributed by atoms with E-state index in [4.69, 9.17) is 0 Å². The number of carbonyl (C=O) groups excluding carboxylic acids is 1. The number of hydrogen-bond donors (Lipinski definition) is 1. The molecule has 22 heavy (non-hydrogen) atoms. The number of aromatic amines is 1. The Kier molecular flexibility index (Phi) is 3.42. The summed E-state index contributed by atoms with van der Waals surface area (Å²) in [7, 11) is 0. The highest BCUT2D eigenvalue weighted by Gasteiger charge is 2.19. The first-order valence-electron chi connectivity index (χ1n) is 7.33. The molecule has 4 rings (SSSR count). The Morgan fingerprint density at radius 2 is 2.18 bits per heavy atom. The predicted molar refractivity (Wildman–Crippen MR) is 85.7 cm³/mol. The van der Waals surface area contributed by atoms with Gasteiger partial charge < -0.3 is 9.88 Å². The Labute approximate surface area is 131 Å². The number of aromatic nitrogens is 4. The number of nitrogens with one attached hydrogen (secondary N) is 1. The van der Waals surface area contributed by atoms with Crippen molar-refractivity contribution in [3.8, 4) is 0 Å². The summed E-state index contributed by atoms with van der Waals surface area (Å²) in [5, 5.41) is 10.2. The largest absolute Gasteiger partial charge is 0.342 e. The average molecular weight is 313 g/mol. The summed E-state index contributed by atoms with van der Waals surface area (Å²) in [6, 6.07) is 7.97. The molecule has 0 atom stereocenters. The molecule has 0 unspecified atom stereocenters. The maximum atomic E-state index is 11.6. The number of likely N-dealkylation sites (tertiary alicyclic amines) is 1. The van der Waals surface area contributed by atoms with E-state index in [-0.39, 0.29) is 5.91 Å². The third-order valence-corrected chi connectivity index (χ3v) is 4.68. The van der Waals surface area contributed by atoms with Crippen LogP contribution in [-0.4, -0.2) is 49.8 Å². The lowest BCUT2D eigenvalue weighted by molar-refractivity contribution is -0.127. The van der Waals surface area contributed by atoms with Gasteiger partial charge in [0.15, 0.2) is 5.65 Å². The third-order valence-electron chi connectivity index (χ3n) is 3.87. The van der Waals surface area contributed by atoms with Crippen molar-refractivity contribution in [2.45, 2.75) is 18.0 Å². The Morgan fingerprint density at radius 3 is 3.05 bits per heavy atom.